The van der Waals surface area contributed by atoms with E-state index in [1.807, 2.05) is 25.1 Å². The van der Waals surface area contributed by atoms with Crippen molar-refractivity contribution in [3.05, 3.63) is 53.2 Å². The Morgan fingerprint density at radius 2 is 1.93 bits per heavy atom. The van der Waals surface area contributed by atoms with Gasteiger partial charge in [0.1, 0.15) is 5.75 Å². The van der Waals surface area contributed by atoms with Gasteiger partial charge in [0.2, 0.25) is 5.88 Å². The lowest BCUT2D eigenvalue weighted by molar-refractivity contribution is 0.392. The van der Waals surface area contributed by atoms with Gasteiger partial charge in [0.15, 0.2) is 5.96 Å². The predicted octanol–water partition coefficient (Wildman–Crippen LogP) is 3.32. The first-order valence-electron chi connectivity index (χ1n) is 8.81. The molecule has 0 amide bonds. The van der Waals surface area contributed by atoms with Crippen LogP contribution in [-0.4, -0.2) is 38.3 Å². The van der Waals surface area contributed by atoms with Crippen molar-refractivity contribution in [2.45, 2.75) is 26.8 Å². The number of rotatable bonds is 8. The first kappa shape index (κ1) is 23.0. The molecule has 2 rings (SSSR count). The van der Waals surface area contributed by atoms with Crippen molar-refractivity contribution in [3.63, 3.8) is 0 Å². The van der Waals surface area contributed by atoms with E-state index >= 15 is 0 Å². The number of hydrogen-bond acceptors (Lipinski definition) is 4. The quantitative estimate of drug-likeness (QED) is 0.342. The molecule has 27 heavy (non-hydrogen) atoms. The largest absolute Gasteiger partial charge is 0.496 e. The number of ether oxygens (including phenoxy) is 2. The Kier molecular flexibility index (Phi) is 10.5. The molecule has 1 heterocycles. The minimum atomic E-state index is 0. The van der Waals surface area contributed by atoms with Crippen LogP contribution in [0.2, 0.25) is 0 Å². The summed E-state index contributed by atoms with van der Waals surface area (Å²) in [5.74, 6) is 2.29. The fraction of sp³-hybridized carbons (Fsp3) is 0.400. The van der Waals surface area contributed by atoms with Crippen LogP contribution in [0.5, 0.6) is 11.6 Å². The van der Waals surface area contributed by atoms with Crippen molar-refractivity contribution < 1.29 is 9.47 Å². The number of nitrogens with zero attached hydrogens (tertiary/aromatic N) is 2. The van der Waals surface area contributed by atoms with Gasteiger partial charge in [0.05, 0.1) is 20.8 Å². The minimum Gasteiger partial charge on any atom is -0.496 e. The summed E-state index contributed by atoms with van der Waals surface area (Å²) >= 11 is 0. The molecule has 1 aromatic heterocycles. The third-order valence-electron chi connectivity index (χ3n) is 3.92. The van der Waals surface area contributed by atoms with E-state index in [1.165, 1.54) is 11.1 Å². The number of nitrogens with one attached hydrogen (secondary N) is 2. The zero-order valence-corrected chi connectivity index (χ0v) is 18.7. The highest BCUT2D eigenvalue weighted by atomic mass is 127. The van der Waals surface area contributed by atoms with E-state index in [0.29, 0.717) is 12.4 Å². The van der Waals surface area contributed by atoms with Crippen molar-refractivity contribution in [1.29, 1.82) is 0 Å². The Hall–Kier alpha value is -2.03. The molecule has 0 fully saturated rings. The lowest BCUT2D eigenvalue weighted by Crippen LogP contribution is -2.38. The summed E-state index contributed by atoms with van der Waals surface area (Å²) in [5, 5.41) is 6.63. The maximum atomic E-state index is 5.44. The van der Waals surface area contributed by atoms with E-state index in [-0.39, 0.29) is 24.0 Å². The van der Waals surface area contributed by atoms with Gasteiger partial charge in [-0.05, 0) is 38.0 Å². The van der Waals surface area contributed by atoms with Gasteiger partial charge < -0.3 is 20.1 Å². The van der Waals surface area contributed by atoms with Gasteiger partial charge in [-0.3, -0.25) is 0 Å². The molecule has 7 heteroatoms. The number of aromatic nitrogens is 1. The van der Waals surface area contributed by atoms with E-state index in [0.717, 1.165) is 36.8 Å². The molecule has 2 N–H and O–H groups in total. The molecule has 0 aliphatic carbocycles. The highest BCUT2D eigenvalue weighted by Crippen LogP contribution is 2.19. The second-order valence-corrected chi connectivity index (χ2v) is 5.86. The van der Waals surface area contributed by atoms with Gasteiger partial charge in [0.25, 0.3) is 0 Å². The van der Waals surface area contributed by atoms with Crippen molar-refractivity contribution in [3.8, 4) is 11.6 Å². The molecule has 0 saturated carbocycles. The molecule has 0 spiro atoms. The maximum absolute atomic E-state index is 5.44. The summed E-state index contributed by atoms with van der Waals surface area (Å²) in [4.78, 5) is 8.83. The van der Waals surface area contributed by atoms with Crippen LogP contribution in [0, 0.1) is 6.92 Å². The van der Waals surface area contributed by atoms with Crippen LogP contribution < -0.4 is 20.1 Å². The monoisotopic (exact) mass is 484 g/mol. The van der Waals surface area contributed by atoms with Crippen molar-refractivity contribution in [2.75, 3.05) is 27.3 Å². The molecule has 0 unspecified atom stereocenters. The molecule has 0 aliphatic heterocycles. The van der Waals surface area contributed by atoms with Crippen molar-refractivity contribution >= 4 is 29.9 Å². The van der Waals surface area contributed by atoms with Crippen molar-refractivity contribution in [1.82, 2.24) is 15.6 Å². The summed E-state index contributed by atoms with van der Waals surface area (Å²) < 4.78 is 10.7. The number of hydrogen-bond donors (Lipinski definition) is 2. The first-order chi connectivity index (χ1) is 12.7. The van der Waals surface area contributed by atoms with E-state index in [4.69, 9.17) is 9.47 Å². The number of methoxy groups -OCH3 is 2. The number of aliphatic imine (C=N–C) groups is 1. The smallest absolute Gasteiger partial charge is 0.218 e. The molecular weight excluding hydrogens is 455 g/mol. The number of halogens is 1. The van der Waals surface area contributed by atoms with Gasteiger partial charge >= 0.3 is 0 Å². The molecular formula is C20H29IN4O2. The van der Waals surface area contributed by atoms with Crippen molar-refractivity contribution in [2.24, 2.45) is 4.99 Å². The first-order valence-corrected chi connectivity index (χ1v) is 8.81. The Labute approximate surface area is 178 Å². The fourth-order valence-electron chi connectivity index (χ4n) is 2.65. The summed E-state index contributed by atoms with van der Waals surface area (Å²) in [6, 6.07) is 10.1. The molecule has 2 aromatic rings. The number of guanidine groups is 1. The van der Waals surface area contributed by atoms with Crippen LogP contribution in [0.1, 0.15) is 23.6 Å². The number of pyridine rings is 1. The molecule has 0 bridgehead atoms. The third-order valence-corrected chi connectivity index (χ3v) is 3.92. The van der Waals surface area contributed by atoms with Gasteiger partial charge in [0, 0.05) is 24.8 Å². The normalized spacial score (nSPS) is 10.7. The highest BCUT2D eigenvalue weighted by molar-refractivity contribution is 14.0. The molecule has 0 saturated heterocycles. The van der Waals surface area contributed by atoms with Crippen LogP contribution in [0.25, 0.3) is 0 Å². The van der Waals surface area contributed by atoms with E-state index in [2.05, 4.69) is 39.7 Å². The third kappa shape index (κ3) is 7.24. The van der Waals surface area contributed by atoms with E-state index in [1.54, 1.807) is 20.4 Å². The van der Waals surface area contributed by atoms with E-state index < -0.39 is 0 Å². The second-order valence-electron chi connectivity index (χ2n) is 5.86. The maximum Gasteiger partial charge on any atom is 0.218 e. The van der Waals surface area contributed by atoms with Gasteiger partial charge in [-0.15, -0.1) is 24.0 Å². The standard InChI is InChI=1S/C20H28N4O2.HI/c1-5-21-20(24-14-17-7-6-11-22-19(17)26-4)23-12-10-16-13-15(2)8-9-18(16)25-3;/h6-9,11,13H,5,10,12,14H2,1-4H3,(H2,21,23,24);1H. The molecule has 0 radical (unpaired) electrons. The Balaban J connectivity index is 0.00000364. The summed E-state index contributed by atoms with van der Waals surface area (Å²) in [6.45, 7) is 6.19. The van der Waals surface area contributed by atoms with Crippen LogP contribution >= 0.6 is 24.0 Å². The van der Waals surface area contributed by atoms with Gasteiger partial charge in [-0.1, -0.05) is 23.8 Å². The molecule has 0 atom stereocenters. The lowest BCUT2D eigenvalue weighted by atomic mass is 10.1. The summed E-state index contributed by atoms with van der Waals surface area (Å²) in [7, 11) is 3.32. The average Bonchev–Trinajstić information content (AvgIpc) is 2.66. The summed E-state index contributed by atoms with van der Waals surface area (Å²) in [5.41, 5.74) is 3.36. The number of benzene rings is 1. The van der Waals surface area contributed by atoms with Crippen LogP contribution in [0.15, 0.2) is 41.5 Å². The zero-order chi connectivity index (χ0) is 18.8. The minimum absolute atomic E-state index is 0. The van der Waals surface area contributed by atoms with Gasteiger partial charge in [-0.25, -0.2) is 9.98 Å². The number of aryl methyl sites for hydroxylation is 1. The van der Waals surface area contributed by atoms with Crippen LogP contribution in [0.3, 0.4) is 0 Å². The Morgan fingerprint density at radius 3 is 2.63 bits per heavy atom. The molecule has 6 nitrogen and oxygen atoms in total. The van der Waals surface area contributed by atoms with Crippen LogP contribution in [-0.2, 0) is 13.0 Å². The van der Waals surface area contributed by atoms with Gasteiger partial charge in [-0.2, -0.15) is 0 Å². The molecule has 0 aliphatic rings. The predicted molar refractivity (Wildman–Crippen MR) is 120 cm³/mol. The molecule has 1 aromatic carbocycles. The molecule has 148 valence electrons. The fourth-order valence-corrected chi connectivity index (χ4v) is 2.65. The highest BCUT2D eigenvalue weighted by Gasteiger charge is 2.06. The van der Waals surface area contributed by atoms with Crippen LogP contribution in [0.4, 0.5) is 0 Å². The van der Waals surface area contributed by atoms with E-state index in [9.17, 15) is 0 Å². The Morgan fingerprint density at radius 1 is 1.11 bits per heavy atom. The zero-order valence-electron chi connectivity index (χ0n) is 16.4. The Bertz CT molecular complexity index is 738. The topological polar surface area (TPSA) is 67.8 Å². The summed E-state index contributed by atoms with van der Waals surface area (Å²) in [6.07, 6.45) is 2.57. The average molecular weight is 484 g/mol. The second kappa shape index (κ2) is 12.4. The SMILES string of the molecule is CCNC(=NCc1cccnc1OC)NCCc1cc(C)ccc1OC.I. The lowest BCUT2D eigenvalue weighted by Gasteiger charge is -2.13.